The molecular formula is C16H21N5O4. The molecule has 2 heterocycles. The first-order chi connectivity index (χ1) is 12.2. The Labute approximate surface area is 145 Å². The Morgan fingerprint density at radius 1 is 1.08 bits per heavy atom. The normalized spacial score (nSPS) is 13.8. The van der Waals surface area contributed by atoms with Crippen LogP contribution in [-0.2, 0) is 11.3 Å². The van der Waals surface area contributed by atoms with Gasteiger partial charge in [0.05, 0.1) is 21.3 Å². The number of hydrogen-bond acceptors (Lipinski definition) is 7. The molecule has 0 saturated carbocycles. The Kier molecular flexibility index (Phi) is 5.01. The highest BCUT2D eigenvalue weighted by molar-refractivity contribution is 5.76. The molecule has 0 bridgehead atoms. The Bertz CT molecular complexity index is 730. The van der Waals surface area contributed by atoms with E-state index in [1.807, 2.05) is 4.90 Å². The van der Waals surface area contributed by atoms with Gasteiger partial charge >= 0.3 is 0 Å². The van der Waals surface area contributed by atoms with Gasteiger partial charge in [-0.25, -0.2) is 0 Å². The van der Waals surface area contributed by atoms with E-state index in [1.54, 1.807) is 33.5 Å². The highest BCUT2D eigenvalue weighted by Gasteiger charge is 2.20. The van der Waals surface area contributed by atoms with Crippen molar-refractivity contribution in [3.63, 3.8) is 0 Å². The molecule has 134 valence electrons. The first-order valence-electron chi connectivity index (χ1n) is 8.02. The third-order valence-electron chi connectivity index (χ3n) is 4.11. The molecule has 0 aliphatic carbocycles. The summed E-state index contributed by atoms with van der Waals surface area (Å²) in [5.41, 5.74) is 0.661. The van der Waals surface area contributed by atoms with Crippen molar-refractivity contribution < 1.29 is 19.0 Å². The number of tetrazole rings is 1. The predicted molar refractivity (Wildman–Crippen MR) is 88.7 cm³/mol. The lowest BCUT2D eigenvalue weighted by molar-refractivity contribution is -0.131. The fraction of sp³-hybridized carbons (Fsp3) is 0.500. The van der Waals surface area contributed by atoms with Crippen LogP contribution in [0, 0.1) is 0 Å². The molecule has 0 unspecified atom stereocenters. The summed E-state index contributed by atoms with van der Waals surface area (Å²) in [7, 11) is 4.62. The Hall–Kier alpha value is -2.84. The molecule has 1 aliphatic heterocycles. The molecular weight excluding hydrogens is 326 g/mol. The van der Waals surface area contributed by atoms with Crippen molar-refractivity contribution in [2.75, 3.05) is 34.4 Å². The van der Waals surface area contributed by atoms with Gasteiger partial charge in [-0.05, 0) is 30.2 Å². The molecule has 0 spiro atoms. The van der Waals surface area contributed by atoms with E-state index in [1.165, 1.54) is 4.80 Å². The summed E-state index contributed by atoms with van der Waals surface area (Å²) in [6.45, 7) is 1.68. The zero-order valence-electron chi connectivity index (χ0n) is 14.6. The molecule has 0 radical (unpaired) electrons. The van der Waals surface area contributed by atoms with E-state index >= 15 is 0 Å². The smallest absolute Gasteiger partial charge is 0.246 e. The van der Waals surface area contributed by atoms with Crippen molar-refractivity contribution in [2.24, 2.45) is 0 Å². The van der Waals surface area contributed by atoms with Crippen LogP contribution in [-0.4, -0.2) is 65.4 Å². The number of likely N-dealkylation sites (tertiary alicyclic amines) is 1. The third kappa shape index (κ3) is 3.49. The van der Waals surface area contributed by atoms with Crippen molar-refractivity contribution in [1.82, 2.24) is 25.1 Å². The summed E-state index contributed by atoms with van der Waals surface area (Å²) in [4.78, 5) is 15.3. The summed E-state index contributed by atoms with van der Waals surface area (Å²) < 4.78 is 16.0. The number of amides is 1. The summed E-state index contributed by atoms with van der Waals surface area (Å²) >= 11 is 0. The SMILES string of the molecule is COc1cc(-c2nnn(CC(=O)N3CCCC3)n2)cc(OC)c1OC. The van der Waals surface area contributed by atoms with Crippen molar-refractivity contribution in [3.05, 3.63) is 12.1 Å². The van der Waals surface area contributed by atoms with Crippen LogP contribution >= 0.6 is 0 Å². The number of carbonyl (C=O) groups is 1. The zero-order valence-corrected chi connectivity index (χ0v) is 14.6. The van der Waals surface area contributed by atoms with Crippen LogP contribution in [0.2, 0.25) is 0 Å². The van der Waals surface area contributed by atoms with E-state index in [0.717, 1.165) is 25.9 Å². The van der Waals surface area contributed by atoms with Gasteiger partial charge < -0.3 is 19.1 Å². The first-order valence-corrected chi connectivity index (χ1v) is 8.02. The molecule has 0 atom stereocenters. The maximum Gasteiger partial charge on any atom is 0.246 e. The zero-order chi connectivity index (χ0) is 17.8. The number of ether oxygens (including phenoxy) is 3. The van der Waals surface area contributed by atoms with Gasteiger partial charge in [-0.3, -0.25) is 4.79 Å². The van der Waals surface area contributed by atoms with Gasteiger partial charge in [0.15, 0.2) is 11.5 Å². The monoisotopic (exact) mass is 347 g/mol. The second-order valence-corrected chi connectivity index (χ2v) is 5.65. The minimum Gasteiger partial charge on any atom is -0.493 e. The van der Waals surface area contributed by atoms with Crippen molar-refractivity contribution in [2.45, 2.75) is 19.4 Å². The lowest BCUT2D eigenvalue weighted by Gasteiger charge is -2.14. The molecule has 1 amide bonds. The van der Waals surface area contributed by atoms with E-state index in [-0.39, 0.29) is 12.5 Å². The Balaban J connectivity index is 1.83. The van der Waals surface area contributed by atoms with Gasteiger partial charge in [-0.2, -0.15) is 4.80 Å². The topological polar surface area (TPSA) is 91.6 Å². The second-order valence-electron chi connectivity index (χ2n) is 5.65. The van der Waals surface area contributed by atoms with Gasteiger partial charge in [-0.15, -0.1) is 10.2 Å². The van der Waals surface area contributed by atoms with E-state index in [9.17, 15) is 4.79 Å². The fourth-order valence-corrected chi connectivity index (χ4v) is 2.82. The minimum absolute atomic E-state index is 0.00587. The summed E-state index contributed by atoms with van der Waals surface area (Å²) in [5, 5.41) is 12.3. The van der Waals surface area contributed by atoms with Crippen LogP contribution in [0.25, 0.3) is 11.4 Å². The fourth-order valence-electron chi connectivity index (χ4n) is 2.82. The molecule has 25 heavy (non-hydrogen) atoms. The lowest BCUT2D eigenvalue weighted by atomic mass is 10.1. The van der Waals surface area contributed by atoms with Gasteiger partial charge in [0, 0.05) is 18.7 Å². The average Bonchev–Trinajstić information content (AvgIpc) is 3.32. The molecule has 1 aromatic heterocycles. The van der Waals surface area contributed by atoms with Gasteiger partial charge in [-0.1, -0.05) is 0 Å². The predicted octanol–water partition coefficient (Wildman–Crippen LogP) is 0.988. The number of carbonyl (C=O) groups excluding carboxylic acids is 1. The molecule has 1 aromatic carbocycles. The molecule has 9 heteroatoms. The minimum atomic E-state index is 0.00587. The van der Waals surface area contributed by atoms with Gasteiger partial charge in [0.2, 0.25) is 17.5 Å². The quantitative estimate of drug-likeness (QED) is 0.769. The summed E-state index contributed by atoms with van der Waals surface area (Å²) in [5.74, 6) is 1.88. The number of nitrogens with zero attached hydrogens (tertiary/aromatic N) is 5. The van der Waals surface area contributed by atoms with Crippen LogP contribution in [0.1, 0.15) is 12.8 Å². The van der Waals surface area contributed by atoms with Crippen LogP contribution < -0.4 is 14.2 Å². The van der Waals surface area contributed by atoms with Crippen molar-refractivity contribution in [1.29, 1.82) is 0 Å². The van der Waals surface area contributed by atoms with Crippen LogP contribution in [0.4, 0.5) is 0 Å². The van der Waals surface area contributed by atoms with E-state index in [2.05, 4.69) is 15.4 Å². The molecule has 0 N–H and O–H groups in total. The number of hydrogen-bond donors (Lipinski definition) is 0. The van der Waals surface area contributed by atoms with Crippen LogP contribution in [0.3, 0.4) is 0 Å². The molecule has 1 saturated heterocycles. The Morgan fingerprint density at radius 2 is 1.72 bits per heavy atom. The summed E-state index contributed by atoms with van der Waals surface area (Å²) in [6.07, 6.45) is 2.10. The van der Waals surface area contributed by atoms with Crippen LogP contribution in [0.5, 0.6) is 17.2 Å². The maximum absolute atomic E-state index is 12.2. The largest absolute Gasteiger partial charge is 0.493 e. The Morgan fingerprint density at radius 3 is 2.28 bits per heavy atom. The van der Waals surface area contributed by atoms with Gasteiger partial charge in [0.25, 0.3) is 0 Å². The van der Waals surface area contributed by atoms with E-state index < -0.39 is 0 Å². The average molecular weight is 347 g/mol. The standard InChI is InChI=1S/C16H21N5O4/c1-23-12-8-11(9-13(24-2)15(12)25-3)16-17-19-21(18-16)10-14(22)20-6-4-5-7-20/h8-9H,4-7,10H2,1-3H3. The summed E-state index contributed by atoms with van der Waals surface area (Å²) in [6, 6.07) is 3.48. The second kappa shape index (κ2) is 7.37. The molecule has 9 nitrogen and oxygen atoms in total. The molecule has 2 aromatic rings. The number of methoxy groups -OCH3 is 3. The molecule has 3 rings (SSSR count). The van der Waals surface area contributed by atoms with Crippen LogP contribution in [0.15, 0.2) is 12.1 Å². The highest BCUT2D eigenvalue weighted by Crippen LogP contribution is 2.40. The number of aromatic nitrogens is 4. The third-order valence-corrected chi connectivity index (χ3v) is 4.11. The number of rotatable bonds is 6. The van der Waals surface area contributed by atoms with Gasteiger partial charge in [0.1, 0.15) is 6.54 Å². The first kappa shape index (κ1) is 17.0. The number of benzene rings is 1. The lowest BCUT2D eigenvalue weighted by Crippen LogP contribution is -2.31. The maximum atomic E-state index is 12.2. The highest BCUT2D eigenvalue weighted by atomic mass is 16.5. The van der Waals surface area contributed by atoms with Crippen molar-refractivity contribution in [3.8, 4) is 28.6 Å². The molecule has 1 aliphatic rings. The van der Waals surface area contributed by atoms with E-state index in [4.69, 9.17) is 14.2 Å². The van der Waals surface area contributed by atoms with E-state index in [0.29, 0.717) is 28.6 Å². The van der Waals surface area contributed by atoms with Crippen molar-refractivity contribution >= 4 is 5.91 Å². The molecule has 1 fully saturated rings.